The maximum Gasteiger partial charge on any atom is 0.305 e. The second-order valence-corrected chi connectivity index (χ2v) is 3.18. The maximum atomic E-state index is 10.9. The van der Waals surface area contributed by atoms with Crippen molar-refractivity contribution < 1.29 is 14.6 Å². The number of aliphatic hydroxyl groups excluding tert-OH is 1. The number of methoxy groups -OCH3 is 1. The van der Waals surface area contributed by atoms with E-state index in [1.807, 2.05) is 18.2 Å². The Bertz CT molecular complexity index is 448. The van der Waals surface area contributed by atoms with Gasteiger partial charge in [0.25, 0.3) is 0 Å². The van der Waals surface area contributed by atoms with Crippen LogP contribution in [0.3, 0.4) is 0 Å². The molecule has 0 fully saturated rings. The van der Waals surface area contributed by atoms with Gasteiger partial charge in [-0.15, -0.1) is 0 Å². The van der Waals surface area contributed by atoms with E-state index < -0.39 is 0 Å². The van der Waals surface area contributed by atoms with Gasteiger partial charge in [0.05, 0.1) is 13.5 Å². The summed E-state index contributed by atoms with van der Waals surface area (Å²) in [6.07, 6.45) is 0.454. The molecule has 3 nitrogen and oxygen atoms in total. The number of esters is 1. The number of benzene rings is 1. The highest BCUT2D eigenvalue weighted by Gasteiger charge is 2.02. The van der Waals surface area contributed by atoms with Crippen LogP contribution in [-0.2, 0) is 9.53 Å². The van der Waals surface area contributed by atoms with E-state index in [4.69, 9.17) is 0 Å². The van der Waals surface area contributed by atoms with Crippen LogP contribution in [0.25, 0.3) is 12.3 Å². The highest BCUT2D eigenvalue weighted by Crippen LogP contribution is 2.00. The Morgan fingerprint density at radius 1 is 1.40 bits per heavy atom. The van der Waals surface area contributed by atoms with Crippen LogP contribution in [0.15, 0.2) is 24.3 Å². The summed E-state index contributed by atoms with van der Waals surface area (Å²) in [4.78, 5) is 10.9. The summed E-state index contributed by atoms with van der Waals surface area (Å²) in [6, 6.07) is 7.25. The molecule has 0 amide bonds. The lowest BCUT2D eigenvalue weighted by Crippen LogP contribution is -2.25. The Hall–Kier alpha value is -1.77. The number of hydrogen-bond acceptors (Lipinski definition) is 3. The number of carbonyl (C=O) groups excluding carboxylic acids is 1. The van der Waals surface area contributed by atoms with Crippen molar-refractivity contribution in [2.24, 2.45) is 0 Å². The first-order valence-electron chi connectivity index (χ1n) is 4.68. The van der Waals surface area contributed by atoms with Crippen LogP contribution in [0.5, 0.6) is 0 Å². The van der Waals surface area contributed by atoms with Crippen molar-refractivity contribution in [3.63, 3.8) is 0 Å². The van der Waals surface area contributed by atoms with Crippen LogP contribution in [0.4, 0.5) is 0 Å². The predicted molar refractivity (Wildman–Crippen MR) is 58.5 cm³/mol. The minimum atomic E-state index is -0.330. The maximum absolute atomic E-state index is 10.9. The molecule has 1 aromatic rings. The molecule has 1 N–H and O–H groups in total. The molecule has 15 heavy (non-hydrogen) atoms. The Balaban J connectivity index is 2.88. The fraction of sp³-hybridized carbons (Fsp3) is 0.250. The summed E-state index contributed by atoms with van der Waals surface area (Å²) in [5.41, 5.74) is 0. The molecule has 0 aliphatic carbocycles. The van der Waals surface area contributed by atoms with Crippen LogP contribution in [0, 0.1) is 0 Å². The van der Waals surface area contributed by atoms with Gasteiger partial charge in [0.2, 0.25) is 0 Å². The molecule has 3 heteroatoms. The SMILES string of the molecule is C=c1cccc/c1=C(\O)CCC(=O)OC. The van der Waals surface area contributed by atoms with E-state index in [0.29, 0.717) is 5.22 Å². The molecule has 0 aliphatic heterocycles. The van der Waals surface area contributed by atoms with Crippen LogP contribution >= 0.6 is 0 Å². The molecule has 0 atom stereocenters. The molecule has 1 rings (SSSR count). The van der Waals surface area contributed by atoms with Crippen molar-refractivity contribution in [3.8, 4) is 0 Å². The number of rotatable bonds is 3. The topological polar surface area (TPSA) is 46.5 Å². The Morgan fingerprint density at radius 2 is 2.07 bits per heavy atom. The van der Waals surface area contributed by atoms with Gasteiger partial charge in [0.1, 0.15) is 5.76 Å². The summed E-state index contributed by atoms with van der Waals surface area (Å²) >= 11 is 0. The average Bonchev–Trinajstić information content (AvgIpc) is 2.26. The molecule has 0 radical (unpaired) electrons. The zero-order chi connectivity index (χ0) is 11.3. The van der Waals surface area contributed by atoms with Crippen LogP contribution in [0.1, 0.15) is 12.8 Å². The predicted octanol–water partition coefficient (Wildman–Crippen LogP) is 0.716. The lowest BCUT2D eigenvalue weighted by molar-refractivity contribution is -0.140. The van der Waals surface area contributed by atoms with E-state index in [2.05, 4.69) is 11.3 Å². The molecule has 0 aliphatic rings. The number of hydrogen-bond donors (Lipinski definition) is 1. The zero-order valence-corrected chi connectivity index (χ0v) is 8.69. The van der Waals surface area contributed by atoms with Crippen LogP contribution < -0.4 is 10.4 Å². The normalized spacial score (nSPS) is 12.1. The second kappa shape index (κ2) is 5.20. The van der Waals surface area contributed by atoms with Gasteiger partial charge in [-0.25, -0.2) is 0 Å². The first-order chi connectivity index (χ1) is 7.15. The van der Waals surface area contributed by atoms with E-state index in [1.165, 1.54) is 7.11 Å². The quantitative estimate of drug-likeness (QED) is 0.741. The Kier molecular flexibility index (Phi) is 3.92. The highest BCUT2D eigenvalue weighted by molar-refractivity contribution is 5.70. The molecular weight excluding hydrogens is 192 g/mol. The van der Waals surface area contributed by atoms with E-state index in [9.17, 15) is 9.90 Å². The van der Waals surface area contributed by atoms with Gasteiger partial charge in [-0.2, -0.15) is 0 Å². The van der Waals surface area contributed by atoms with Crippen molar-refractivity contribution >= 4 is 18.3 Å². The molecule has 0 bridgehead atoms. The Labute approximate surface area is 88.3 Å². The molecule has 1 aromatic carbocycles. The largest absolute Gasteiger partial charge is 0.512 e. The van der Waals surface area contributed by atoms with E-state index >= 15 is 0 Å². The fourth-order valence-electron chi connectivity index (χ4n) is 1.26. The van der Waals surface area contributed by atoms with Gasteiger partial charge in [-0.3, -0.25) is 4.79 Å². The average molecular weight is 206 g/mol. The van der Waals surface area contributed by atoms with Crippen molar-refractivity contribution in [1.29, 1.82) is 0 Å². The molecule has 0 saturated heterocycles. The Morgan fingerprint density at radius 3 is 2.67 bits per heavy atom. The minimum absolute atomic E-state index is 0.172. The van der Waals surface area contributed by atoms with Crippen molar-refractivity contribution in [1.82, 2.24) is 0 Å². The van der Waals surface area contributed by atoms with E-state index in [1.54, 1.807) is 6.07 Å². The van der Waals surface area contributed by atoms with E-state index in [-0.39, 0.29) is 24.6 Å². The highest BCUT2D eigenvalue weighted by atomic mass is 16.5. The summed E-state index contributed by atoms with van der Waals surface area (Å²) in [6.45, 7) is 3.79. The smallest absolute Gasteiger partial charge is 0.305 e. The van der Waals surface area contributed by atoms with Crippen LogP contribution in [-0.4, -0.2) is 18.2 Å². The van der Waals surface area contributed by atoms with Gasteiger partial charge < -0.3 is 9.84 Å². The lowest BCUT2D eigenvalue weighted by atomic mass is 10.2. The van der Waals surface area contributed by atoms with Crippen molar-refractivity contribution in [3.05, 3.63) is 34.7 Å². The van der Waals surface area contributed by atoms with Gasteiger partial charge in [-0.05, 0) is 5.22 Å². The fourth-order valence-corrected chi connectivity index (χ4v) is 1.26. The second-order valence-electron chi connectivity index (χ2n) is 3.18. The molecule has 0 heterocycles. The zero-order valence-electron chi connectivity index (χ0n) is 8.69. The lowest BCUT2D eigenvalue weighted by Gasteiger charge is -1.99. The number of ether oxygens (including phenoxy) is 1. The first kappa shape index (κ1) is 11.3. The molecule has 80 valence electrons. The molecular formula is C12H14O3. The summed E-state index contributed by atoms with van der Waals surface area (Å²) in [5, 5.41) is 11.1. The summed E-state index contributed by atoms with van der Waals surface area (Å²) in [5.74, 6) is -0.158. The third-order valence-electron chi connectivity index (χ3n) is 2.12. The standard InChI is InChI=1S/C12H14O3/c1-9-5-3-4-6-10(9)11(13)7-8-12(14)15-2/h3-6,13H,1,7-8H2,2H3/b11-10+. The molecule has 0 spiro atoms. The van der Waals surface area contributed by atoms with Gasteiger partial charge in [-0.1, -0.05) is 30.8 Å². The van der Waals surface area contributed by atoms with Crippen LogP contribution in [0.2, 0.25) is 0 Å². The van der Waals surface area contributed by atoms with E-state index in [0.717, 1.165) is 5.22 Å². The van der Waals surface area contributed by atoms with Crippen molar-refractivity contribution in [2.45, 2.75) is 12.8 Å². The van der Waals surface area contributed by atoms with Gasteiger partial charge in [0.15, 0.2) is 0 Å². The molecule has 0 aromatic heterocycles. The third kappa shape index (κ3) is 3.13. The summed E-state index contributed by atoms with van der Waals surface area (Å²) < 4.78 is 4.49. The van der Waals surface area contributed by atoms with Gasteiger partial charge in [0, 0.05) is 11.6 Å². The van der Waals surface area contributed by atoms with Crippen molar-refractivity contribution in [2.75, 3.05) is 7.11 Å². The monoisotopic (exact) mass is 206 g/mol. The van der Waals surface area contributed by atoms with Gasteiger partial charge >= 0.3 is 5.97 Å². The first-order valence-corrected chi connectivity index (χ1v) is 4.68. The number of carbonyl (C=O) groups is 1. The third-order valence-corrected chi connectivity index (χ3v) is 2.12. The summed E-state index contributed by atoms with van der Waals surface area (Å²) in [7, 11) is 1.33. The minimum Gasteiger partial charge on any atom is -0.512 e. The molecule has 0 unspecified atom stereocenters. The number of aliphatic hydroxyl groups is 1. The molecule has 0 saturated carbocycles.